The number of carbonyl (C=O) groups excluding carboxylic acids is 1. The van der Waals surface area contributed by atoms with E-state index < -0.39 is 23.9 Å². The van der Waals surface area contributed by atoms with E-state index in [1.807, 2.05) is 0 Å². The Bertz CT molecular complexity index is 533. The van der Waals surface area contributed by atoms with Gasteiger partial charge in [0.15, 0.2) is 5.15 Å². The molecule has 1 aliphatic rings. The van der Waals surface area contributed by atoms with Crippen molar-refractivity contribution in [3.63, 3.8) is 0 Å². The van der Waals surface area contributed by atoms with E-state index in [1.165, 1.54) is 6.20 Å². The molecule has 0 spiro atoms. The van der Waals surface area contributed by atoms with Crippen molar-refractivity contribution < 1.29 is 18.0 Å². The molecule has 2 unspecified atom stereocenters. The maximum absolute atomic E-state index is 13.0. The van der Waals surface area contributed by atoms with Gasteiger partial charge in [0.1, 0.15) is 0 Å². The Hall–Kier alpha value is -1.30. The molecule has 21 heavy (non-hydrogen) atoms. The summed E-state index contributed by atoms with van der Waals surface area (Å²) in [6.07, 6.45) is -1.45. The van der Waals surface area contributed by atoms with Gasteiger partial charge in [0, 0.05) is 12.1 Å². The molecular formula is C14H16ClF3N2O. The van der Waals surface area contributed by atoms with E-state index in [-0.39, 0.29) is 23.7 Å². The lowest BCUT2D eigenvalue weighted by molar-refractivity contribution is -0.197. The number of pyridine rings is 1. The lowest BCUT2D eigenvalue weighted by atomic mass is 9.78. The second-order valence-corrected chi connectivity index (χ2v) is 5.74. The third-order valence-electron chi connectivity index (χ3n) is 3.76. The van der Waals surface area contributed by atoms with Crippen molar-refractivity contribution in [2.24, 2.45) is 11.8 Å². The molecule has 1 aromatic rings. The number of aryl methyl sites for hydroxylation is 1. The fourth-order valence-electron chi connectivity index (χ4n) is 2.70. The van der Waals surface area contributed by atoms with E-state index in [2.05, 4.69) is 10.3 Å². The summed E-state index contributed by atoms with van der Waals surface area (Å²) >= 11 is 5.86. The van der Waals surface area contributed by atoms with Crippen LogP contribution in [0.1, 0.15) is 31.2 Å². The topological polar surface area (TPSA) is 42.0 Å². The van der Waals surface area contributed by atoms with Gasteiger partial charge in [0.25, 0.3) is 0 Å². The molecule has 0 aromatic carbocycles. The quantitative estimate of drug-likeness (QED) is 0.823. The first kappa shape index (κ1) is 16.1. The molecule has 1 aliphatic carbocycles. The normalized spacial score (nSPS) is 22.9. The molecule has 1 heterocycles. The molecule has 2 atom stereocenters. The van der Waals surface area contributed by atoms with Crippen LogP contribution < -0.4 is 5.32 Å². The summed E-state index contributed by atoms with van der Waals surface area (Å²) in [6.45, 7) is 1.76. The largest absolute Gasteiger partial charge is 0.392 e. The zero-order valence-electron chi connectivity index (χ0n) is 11.5. The lowest BCUT2D eigenvalue weighted by Crippen LogP contribution is -2.39. The van der Waals surface area contributed by atoms with Crippen LogP contribution in [-0.4, -0.2) is 17.1 Å². The zero-order chi connectivity index (χ0) is 15.6. The Morgan fingerprint density at radius 2 is 2.05 bits per heavy atom. The second kappa shape index (κ2) is 6.22. The SMILES string of the molecule is Cc1cnc(Cl)c(NC(=O)C2CCCCC2C(F)(F)F)c1. The number of alkyl halides is 3. The number of halogens is 4. The Kier molecular flexibility index (Phi) is 4.76. The molecule has 0 bridgehead atoms. The summed E-state index contributed by atoms with van der Waals surface area (Å²) in [7, 11) is 0. The third kappa shape index (κ3) is 3.87. The highest BCUT2D eigenvalue weighted by molar-refractivity contribution is 6.32. The maximum atomic E-state index is 13.0. The van der Waals surface area contributed by atoms with Gasteiger partial charge in [0.05, 0.1) is 11.6 Å². The summed E-state index contributed by atoms with van der Waals surface area (Å²) in [6, 6.07) is 1.60. The predicted molar refractivity (Wildman–Crippen MR) is 74.1 cm³/mol. The van der Waals surface area contributed by atoms with Crippen LogP contribution in [0.2, 0.25) is 5.15 Å². The van der Waals surface area contributed by atoms with Crippen LogP contribution in [0, 0.1) is 18.8 Å². The van der Waals surface area contributed by atoms with Gasteiger partial charge in [0.2, 0.25) is 5.91 Å². The van der Waals surface area contributed by atoms with E-state index in [4.69, 9.17) is 11.6 Å². The van der Waals surface area contributed by atoms with Crippen LogP contribution in [0.25, 0.3) is 0 Å². The van der Waals surface area contributed by atoms with Crippen molar-refractivity contribution in [1.82, 2.24) is 4.98 Å². The van der Waals surface area contributed by atoms with Gasteiger partial charge in [-0.3, -0.25) is 4.79 Å². The monoisotopic (exact) mass is 320 g/mol. The van der Waals surface area contributed by atoms with Crippen molar-refractivity contribution in [2.45, 2.75) is 38.8 Å². The van der Waals surface area contributed by atoms with Crippen molar-refractivity contribution in [3.8, 4) is 0 Å². The van der Waals surface area contributed by atoms with Gasteiger partial charge in [-0.1, -0.05) is 24.4 Å². The highest BCUT2D eigenvalue weighted by Gasteiger charge is 2.48. The van der Waals surface area contributed by atoms with E-state index in [9.17, 15) is 18.0 Å². The number of anilines is 1. The van der Waals surface area contributed by atoms with Gasteiger partial charge >= 0.3 is 6.18 Å². The van der Waals surface area contributed by atoms with Crippen LogP contribution in [0.4, 0.5) is 18.9 Å². The summed E-state index contributed by atoms with van der Waals surface area (Å²) in [5.74, 6) is -3.27. The molecule has 1 N–H and O–H groups in total. The van der Waals surface area contributed by atoms with Gasteiger partial charge in [-0.15, -0.1) is 0 Å². The standard InChI is InChI=1S/C14H16ClF3N2O/c1-8-6-11(12(15)19-7-8)20-13(21)9-4-2-3-5-10(9)14(16,17)18/h6-7,9-10H,2-5H2,1H3,(H,20,21). The van der Waals surface area contributed by atoms with Crippen LogP contribution in [0.5, 0.6) is 0 Å². The van der Waals surface area contributed by atoms with Crippen LogP contribution in [-0.2, 0) is 4.79 Å². The average Bonchev–Trinajstić information content (AvgIpc) is 2.42. The first-order valence-electron chi connectivity index (χ1n) is 6.79. The predicted octanol–water partition coefficient (Wildman–Crippen LogP) is 4.35. The second-order valence-electron chi connectivity index (χ2n) is 5.38. The minimum absolute atomic E-state index is 0.00138. The summed E-state index contributed by atoms with van der Waals surface area (Å²) < 4.78 is 39.0. The fourth-order valence-corrected chi connectivity index (χ4v) is 2.85. The highest BCUT2D eigenvalue weighted by atomic mass is 35.5. The Labute approximate surface area is 125 Å². The molecular weight excluding hydrogens is 305 g/mol. The number of rotatable bonds is 2. The summed E-state index contributed by atoms with van der Waals surface area (Å²) in [5, 5.41) is 2.57. The Balaban J connectivity index is 2.16. The van der Waals surface area contributed by atoms with E-state index in [0.29, 0.717) is 12.8 Å². The molecule has 0 radical (unpaired) electrons. The lowest BCUT2D eigenvalue weighted by Gasteiger charge is -2.32. The number of hydrogen-bond donors (Lipinski definition) is 1. The number of nitrogens with zero attached hydrogens (tertiary/aromatic N) is 1. The van der Waals surface area contributed by atoms with Gasteiger partial charge < -0.3 is 5.32 Å². The van der Waals surface area contributed by atoms with Crippen LogP contribution in [0.15, 0.2) is 12.3 Å². The molecule has 0 aliphatic heterocycles. The average molecular weight is 321 g/mol. The maximum Gasteiger partial charge on any atom is 0.392 e. The first-order valence-corrected chi connectivity index (χ1v) is 7.16. The van der Waals surface area contributed by atoms with Crippen molar-refractivity contribution >= 4 is 23.2 Å². The number of nitrogens with one attached hydrogen (secondary N) is 1. The third-order valence-corrected chi connectivity index (χ3v) is 4.06. The van der Waals surface area contributed by atoms with Crippen molar-refractivity contribution in [2.75, 3.05) is 5.32 Å². The van der Waals surface area contributed by atoms with E-state index >= 15 is 0 Å². The minimum atomic E-state index is -4.35. The molecule has 2 rings (SSSR count). The molecule has 1 amide bonds. The van der Waals surface area contributed by atoms with Gasteiger partial charge in [-0.2, -0.15) is 13.2 Å². The van der Waals surface area contributed by atoms with Gasteiger partial charge in [-0.05, 0) is 31.4 Å². The minimum Gasteiger partial charge on any atom is -0.323 e. The zero-order valence-corrected chi connectivity index (χ0v) is 12.3. The molecule has 116 valence electrons. The molecule has 1 aromatic heterocycles. The number of hydrogen-bond acceptors (Lipinski definition) is 2. The molecule has 3 nitrogen and oxygen atoms in total. The van der Waals surface area contributed by atoms with Gasteiger partial charge in [-0.25, -0.2) is 4.98 Å². The smallest absolute Gasteiger partial charge is 0.323 e. The fraction of sp³-hybridized carbons (Fsp3) is 0.571. The molecule has 1 saturated carbocycles. The number of aromatic nitrogens is 1. The Morgan fingerprint density at radius 1 is 1.38 bits per heavy atom. The summed E-state index contributed by atoms with van der Waals surface area (Å²) in [5.41, 5.74) is 1.03. The highest BCUT2D eigenvalue weighted by Crippen LogP contribution is 2.42. The van der Waals surface area contributed by atoms with E-state index in [0.717, 1.165) is 5.56 Å². The summed E-state index contributed by atoms with van der Waals surface area (Å²) in [4.78, 5) is 16.1. The van der Waals surface area contributed by atoms with E-state index in [1.54, 1.807) is 13.0 Å². The van der Waals surface area contributed by atoms with Crippen LogP contribution >= 0.6 is 11.6 Å². The molecule has 1 fully saturated rings. The number of carbonyl (C=O) groups is 1. The van der Waals surface area contributed by atoms with Crippen LogP contribution in [0.3, 0.4) is 0 Å². The van der Waals surface area contributed by atoms with Crippen molar-refractivity contribution in [3.05, 3.63) is 23.0 Å². The number of amides is 1. The van der Waals surface area contributed by atoms with Crippen molar-refractivity contribution in [1.29, 1.82) is 0 Å². The Morgan fingerprint density at radius 3 is 2.71 bits per heavy atom. The first-order chi connectivity index (χ1) is 9.79. The molecule has 7 heteroatoms. The molecule has 0 saturated heterocycles.